The minimum atomic E-state index is -4.32. The first-order valence-corrected chi connectivity index (χ1v) is 19.2. The Morgan fingerprint density at radius 3 is 2.47 bits per heavy atom. The maximum Gasteiger partial charge on any atom is 0.265 e. The van der Waals surface area contributed by atoms with Gasteiger partial charge in [-0.25, -0.2) is 17.8 Å². The van der Waals surface area contributed by atoms with Gasteiger partial charge in [-0.15, -0.1) is 5.10 Å². The van der Waals surface area contributed by atoms with Crippen LogP contribution in [-0.2, 0) is 23.0 Å². The molecule has 0 spiro atoms. The Labute approximate surface area is 308 Å². The van der Waals surface area contributed by atoms with Crippen molar-refractivity contribution in [3.63, 3.8) is 0 Å². The number of carbonyl (C=O) groups is 2. The third-order valence-electron chi connectivity index (χ3n) is 9.22. The van der Waals surface area contributed by atoms with Crippen molar-refractivity contribution in [2.24, 2.45) is 5.73 Å². The highest BCUT2D eigenvalue weighted by molar-refractivity contribution is 7.90. The van der Waals surface area contributed by atoms with E-state index in [9.17, 15) is 18.0 Å². The Balaban J connectivity index is 1.45. The van der Waals surface area contributed by atoms with Crippen LogP contribution in [0.1, 0.15) is 69.8 Å². The number of benzene rings is 4. The van der Waals surface area contributed by atoms with Crippen molar-refractivity contribution in [1.82, 2.24) is 19.8 Å². The van der Waals surface area contributed by atoms with E-state index < -0.39 is 15.9 Å². The number of rotatable bonds is 12. The Morgan fingerprint density at radius 2 is 1.75 bits per heavy atom. The zero-order valence-corrected chi connectivity index (χ0v) is 31.0. The average Bonchev–Trinajstić information content (AvgIpc) is 3.43. The molecule has 1 unspecified atom stereocenters. The predicted molar refractivity (Wildman–Crippen MR) is 203 cm³/mol. The summed E-state index contributed by atoms with van der Waals surface area (Å²) in [5.41, 5.74) is 9.51. The van der Waals surface area contributed by atoms with Gasteiger partial charge in [0.25, 0.3) is 15.9 Å². The van der Waals surface area contributed by atoms with Crippen LogP contribution in [-0.4, -0.2) is 55.6 Å². The Morgan fingerprint density at radius 1 is 1.00 bits per heavy atom. The number of nitrogens with two attached hydrogens (primary N) is 1. The third-order valence-corrected chi connectivity index (χ3v) is 11.3. The number of ketones is 1. The lowest BCUT2D eigenvalue weighted by Gasteiger charge is -2.27. The lowest BCUT2D eigenvalue weighted by Crippen LogP contribution is -2.41. The van der Waals surface area contributed by atoms with Crippen LogP contribution < -0.4 is 20.7 Å². The quantitative estimate of drug-likeness (QED) is 0.122. The molecule has 4 N–H and O–H groups in total. The minimum absolute atomic E-state index is 0.00364. The Bertz CT molecular complexity index is 2250. The molecule has 266 valence electrons. The fourth-order valence-electron chi connectivity index (χ4n) is 6.57. The summed E-state index contributed by atoms with van der Waals surface area (Å²) in [6.07, 6.45) is 2.34. The molecule has 1 aliphatic rings. The molecule has 0 fully saturated rings. The second kappa shape index (κ2) is 15.1. The average molecular weight is 748 g/mol. The van der Waals surface area contributed by atoms with Crippen LogP contribution in [0.2, 0.25) is 10.0 Å². The number of sulfonamides is 1. The minimum Gasteiger partial charge on any atom is -0.354 e. The van der Waals surface area contributed by atoms with E-state index in [2.05, 4.69) is 28.8 Å². The lowest BCUT2D eigenvalue weighted by atomic mass is 9.87. The maximum atomic E-state index is 14.7. The van der Waals surface area contributed by atoms with Crippen LogP contribution in [0, 0.1) is 6.92 Å². The molecule has 0 radical (unpaired) electrons. The SMILES string of the molecule is CCCN(CCC)c1nn(-c2ccc(C(=O)NS(=O)(=O)c3ccc4cccc(Cl)c4c3)cc2C(=O)c2cccc3c2CC(CN)NC3)c(C)c1Cl. The summed E-state index contributed by atoms with van der Waals surface area (Å²) < 4.78 is 30.8. The van der Waals surface area contributed by atoms with Crippen LogP contribution in [0.15, 0.2) is 77.7 Å². The molecule has 4 aromatic carbocycles. The lowest BCUT2D eigenvalue weighted by molar-refractivity contribution is 0.0981. The van der Waals surface area contributed by atoms with Gasteiger partial charge in [-0.2, -0.15) is 0 Å². The smallest absolute Gasteiger partial charge is 0.265 e. The van der Waals surface area contributed by atoms with Crippen molar-refractivity contribution in [2.75, 3.05) is 24.5 Å². The summed E-state index contributed by atoms with van der Waals surface area (Å²) in [5.74, 6) is -0.633. The standard InChI is InChI=1S/C38H40Cl2N6O4S/c1-4-16-45(17-5-2)37-35(40)23(3)46(43-37)34-15-13-25(18-32(34)36(47)29-10-6-9-26-22-42-27(21-41)19-30(26)29)38(48)44-51(49,50)28-14-12-24-8-7-11-33(39)31(24)20-28/h6-15,18,20,27,42H,4-5,16-17,19,21-22,41H2,1-3H3,(H,44,48). The number of aromatic nitrogens is 2. The molecule has 1 aliphatic heterocycles. The van der Waals surface area contributed by atoms with E-state index in [1.54, 1.807) is 35.0 Å². The van der Waals surface area contributed by atoms with E-state index in [1.165, 1.54) is 24.3 Å². The van der Waals surface area contributed by atoms with Gasteiger partial charge >= 0.3 is 0 Å². The molecule has 1 aromatic heterocycles. The summed E-state index contributed by atoms with van der Waals surface area (Å²) in [4.78, 5) is 30.4. The Kier molecular flexibility index (Phi) is 10.9. The van der Waals surface area contributed by atoms with Crippen LogP contribution in [0.25, 0.3) is 16.5 Å². The molecule has 5 aromatic rings. The van der Waals surface area contributed by atoms with Gasteiger partial charge in [0.2, 0.25) is 0 Å². The summed E-state index contributed by atoms with van der Waals surface area (Å²) in [5, 5.41) is 10.4. The van der Waals surface area contributed by atoms with Gasteiger partial charge in [0.15, 0.2) is 11.6 Å². The van der Waals surface area contributed by atoms with Gasteiger partial charge in [-0.3, -0.25) is 9.59 Å². The first-order chi connectivity index (χ1) is 24.5. The van der Waals surface area contributed by atoms with Crippen LogP contribution in [0.3, 0.4) is 0 Å². The van der Waals surface area contributed by atoms with Gasteiger partial charge in [-0.05, 0) is 79.1 Å². The molecule has 2 heterocycles. The van der Waals surface area contributed by atoms with E-state index in [1.807, 2.05) is 25.1 Å². The van der Waals surface area contributed by atoms with E-state index in [0.29, 0.717) is 57.7 Å². The van der Waals surface area contributed by atoms with E-state index >= 15 is 0 Å². The molecule has 10 nitrogen and oxygen atoms in total. The van der Waals surface area contributed by atoms with Gasteiger partial charge in [0, 0.05) is 59.3 Å². The normalized spacial score (nSPS) is 14.4. The molecule has 6 rings (SSSR count). The number of carbonyl (C=O) groups excluding carboxylic acids is 2. The monoisotopic (exact) mass is 746 g/mol. The van der Waals surface area contributed by atoms with Gasteiger partial charge < -0.3 is 16.0 Å². The van der Waals surface area contributed by atoms with E-state index in [-0.39, 0.29) is 27.8 Å². The summed E-state index contributed by atoms with van der Waals surface area (Å²) >= 11 is 13.2. The zero-order chi connectivity index (χ0) is 36.4. The molecule has 13 heteroatoms. The fraction of sp³-hybridized carbons (Fsp3) is 0.289. The molecular weight excluding hydrogens is 707 g/mol. The summed E-state index contributed by atoms with van der Waals surface area (Å²) in [6, 6.07) is 19.8. The van der Waals surface area contributed by atoms with Crippen LogP contribution in [0.5, 0.6) is 0 Å². The van der Waals surface area contributed by atoms with Gasteiger partial charge in [0.1, 0.15) is 5.02 Å². The van der Waals surface area contributed by atoms with E-state index in [4.69, 9.17) is 34.0 Å². The molecule has 0 aliphatic carbocycles. The highest BCUT2D eigenvalue weighted by Gasteiger charge is 2.28. The summed E-state index contributed by atoms with van der Waals surface area (Å²) in [6.45, 7) is 8.46. The number of anilines is 1. The zero-order valence-electron chi connectivity index (χ0n) is 28.7. The molecular formula is C38H40Cl2N6O4S. The second-order valence-electron chi connectivity index (χ2n) is 12.7. The highest BCUT2D eigenvalue weighted by Crippen LogP contribution is 2.33. The fourth-order valence-corrected chi connectivity index (χ4v) is 8.05. The van der Waals surface area contributed by atoms with Crippen molar-refractivity contribution in [2.45, 2.75) is 57.5 Å². The largest absolute Gasteiger partial charge is 0.354 e. The molecule has 0 bridgehead atoms. The summed E-state index contributed by atoms with van der Waals surface area (Å²) in [7, 11) is -4.32. The maximum absolute atomic E-state index is 14.7. The van der Waals surface area contributed by atoms with Crippen molar-refractivity contribution < 1.29 is 18.0 Å². The Hall–Kier alpha value is -4.26. The number of fused-ring (bicyclic) bond motifs is 2. The highest BCUT2D eigenvalue weighted by atomic mass is 35.5. The molecule has 51 heavy (non-hydrogen) atoms. The van der Waals surface area contributed by atoms with Crippen molar-refractivity contribution in [3.8, 4) is 5.69 Å². The van der Waals surface area contributed by atoms with E-state index in [0.717, 1.165) is 42.4 Å². The number of nitrogens with zero attached hydrogens (tertiary/aromatic N) is 3. The topological polar surface area (TPSA) is 139 Å². The predicted octanol–water partition coefficient (Wildman–Crippen LogP) is 6.59. The third kappa shape index (κ3) is 7.27. The molecule has 0 saturated heterocycles. The number of hydrogen-bond donors (Lipinski definition) is 3. The number of nitrogens with one attached hydrogen (secondary N) is 2. The number of halogens is 2. The molecule has 0 saturated carbocycles. The second-order valence-corrected chi connectivity index (χ2v) is 15.2. The van der Waals surface area contributed by atoms with Crippen molar-refractivity contribution >= 4 is 61.5 Å². The van der Waals surface area contributed by atoms with Gasteiger partial charge in [0.05, 0.1) is 16.3 Å². The molecule has 1 atom stereocenters. The number of hydrogen-bond acceptors (Lipinski definition) is 8. The van der Waals surface area contributed by atoms with Crippen molar-refractivity contribution in [3.05, 3.63) is 116 Å². The first kappa shape index (κ1) is 36.5. The van der Waals surface area contributed by atoms with Crippen molar-refractivity contribution in [1.29, 1.82) is 0 Å². The molecule has 1 amide bonds. The van der Waals surface area contributed by atoms with Crippen LogP contribution >= 0.6 is 23.2 Å². The van der Waals surface area contributed by atoms with Crippen LogP contribution in [0.4, 0.5) is 5.82 Å². The number of amides is 1. The van der Waals surface area contributed by atoms with Gasteiger partial charge in [-0.1, -0.05) is 73.4 Å². The first-order valence-electron chi connectivity index (χ1n) is 17.0.